The lowest BCUT2D eigenvalue weighted by atomic mass is 10.2. The van der Waals surface area contributed by atoms with Crippen LogP contribution in [0.2, 0.25) is 5.02 Å². The predicted molar refractivity (Wildman–Crippen MR) is 59.9 cm³/mol. The van der Waals surface area contributed by atoms with E-state index in [1.54, 1.807) is 24.4 Å². The van der Waals surface area contributed by atoms with Gasteiger partial charge in [0.05, 0.1) is 15.4 Å². The molecule has 0 aliphatic carbocycles. The van der Waals surface area contributed by atoms with Crippen LogP contribution in [-0.2, 0) is 9.84 Å². The van der Waals surface area contributed by atoms with Gasteiger partial charge in [0.15, 0.2) is 9.84 Å². The molecule has 1 aromatic carbocycles. The first-order chi connectivity index (χ1) is 7.00. The predicted octanol–water partition coefficient (Wildman–Crippen LogP) is 2.29. The Morgan fingerprint density at radius 1 is 1.27 bits per heavy atom. The van der Waals surface area contributed by atoms with Crippen molar-refractivity contribution in [1.82, 2.24) is 4.98 Å². The number of rotatable bonds is 1. The van der Waals surface area contributed by atoms with E-state index in [-0.39, 0.29) is 4.90 Å². The van der Waals surface area contributed by atoms with Crippen molar-refractivity contribution in [1.29, 1.82) is 0 Å². The number of sulfone groups is 1. The van der Waals surface area contributed by atoms with Crippen LogP contribution >= 0.6 is 11.6 Å². The molecule has 0 aliphatic rings. The molecule has 78 valence electrons. The number of nitrogens with zero attached hydrogens (tertiary/aromatic N) is 1. The second kappa shape index (κ2) is 3.47. The zero-order valence-electron chi connectivity index (χ0n) is 7.94. The molecule has 0 unspecified atom stereocenters. The Bertz CT molecular complexity index is 622. The molecule has 0 N–H and O–H groups in total. The van der Waals surface area contributed by atoms with Crippen molar-refractivity contribution in [2.75, 3.05) is 6.26 Å². The van der Waals surface area contributed by atoms with Crippen LogP contribution in [0.15, 0.2) is 35.4 Å². The van der Waals surface area contributed by atoms with E-state index in [2.05, 4.69) is 4.98 Å². The molecule has 0 saturated heterocycles. The summed E-state index contributed by atoms with van der Waals surface area (Å²) in [4.78, 5) is 4.32. The van der Waals surface area contributed by atoms with E-state index < -0.39 is 9.84 Å². The second-order valence-electron chi connectivity index (χ2n) is 3.22. The van der Waals surface area contributed by atoms with Crippen LogP contribution in [0.25, 0.3) is 10.9 Å². The Morgan fingerprint density at radius 3 is 2.67 bits per heavy atom. The van der Waals surface area contributed by atoms with E-state index >= 15 is 0 Å². The molecule has 0 atom stereocenters. The minimum atomic E-state index is -3.24. The summed E-state index contributed by atoms with van der Waals surface area (Å²) in [6.07, 6.45) is 2.75. The van der Waals surface area contributed by atoms with Crippen molar-refractivity contribution < 1.29 is 8.42 Å². The maximum absolute atomic E-state index is 11.5. The normalized spacial score (nSPS) is 11.9. The fourth-order valence-corrected chi connectivity index (χ4v) is 2.53. The fourth-order valence-electron chi connectivity index (χ4n) is 1.44. The quantitative estimate of drug-likeness (QED) is 0.770. The van der Waals surface area contributed by atoms with Gasteiger partial charge in [0.1, 0.15) is 0 Å². The van der Waals surface area contributed by atoms with Crippen LogP contribution in [0, 0.1) is 0 Å². The smallest absolute Gasteiger partial charge is 0.176 e. The van der Waals surface area contributed by atoms with Crippen LogP contribution in [0.5, 0.6) is 0 Å². The molecular weight excluding hydrogens is 234 g/mol. The van der Waals surface area contributed by atoms with Gasteiger partial charge in [0, 0.05) is 17.8 Å². The van der Waals surface area contributed by atoms with E-state index in [1.165, 1.54) is 12.3 Å². The van der Waals surface area contributed by atoms with E-state index in [0.717, 1.165) is 0 Å². The van der Waals surface area contributed by atoms with Crippen LogP contribution < -0.4 is 0 Å². The summed E-state index contributed by atoms with van der Waals surface area (Å²) < 4.78 is 23.0. The van der Waals surface area contributed by atoms with Crippen molar-refractivity contribution in [2.45, 2.75) is 4.90 Å². The molecule has 0 aliphatic heterocycles. The molecular formula is C10H8ClNO2S. The zero-order chi connectivity index (χ0) is 11.1. The lowest BCUT2D eigenvalue weighted by Gasteiger charge is -2.04. The molecule has 0 saturated carbocycles. The van der Waals surface area contributed by atoms with Gasteiger partial charge in [0.2, 0.25) is 0 Å². The highest BCUT2D eigenvalue weighted by Gasteiger charge is 2.13. The van der Waals surface area contributed by atoms with E-state index in [4.69, 9.17) is 11.6 Å². The van der Waals surface area contributed by atoms with Gasteiger partial charge in [-0.15, -0.1) is 0 Å². The molecule has 2 rings (SSSR count). The zero-order valence-corrected chi connectivity index (χ0v) is 9.51. The Morgan fingerprint density at radius 2 is 2.00 bits per heavy atom. The van der Waals surface area contributed by atoms with Crippen LogP contribution in [0.3, 0.4) is 0 Å². The highest BCUT2D eigenvalue weighted by molar-refractivity contribution is 7.91. The molecule has 0 radical (unpaired) electrons. The van der Waals surface area contributed by atoms with Crippen molar-refractivity contribution in [3.63, 3.8) is 0 Å². The average molecular weight is 242 g/mol. The largest absolute Gasteiger partial charge is 0.255 e. The summed E-state index contributed by atoms with van der Waals surface area (Å²) in [5.74, 6) is 0. The molecule has 0 amide bonds. The maximum atomic E-state index is 11.5. The molecule has 3 nitrogen and oxygen atoms in total. The van der Waals surface area contributed by atoms with Crippen LogP contribution in [-0.4, -0.2) is 19.7 Å². The van der Waals surface area contributed by atoms with Gasteiger partial charge in [-0.2, -0.15) is 0 Å². The number of hydrogen-bond donors (Lipinski definition) is 0. The molecule has 1 aromatic heterocycles. The Kier molecular flexibility index (Phi) is 2.40. The molecule has 0 spiro atoms. The third-order valence-corrected chi connectivity index (χ3v) is 3.54. The molecule has 0 fully saturated rings. The summed E-state index contributed by atoms with van der Waals surface area (Å²) in [6.45, 7) is 0. The Balaban J connectivity index is 2.96. The topological polar surface area (TPSA) is 47.0 Å². The minimum absolute atomic E-state index is 0.259. The molecule has 1 heterocycles. The first-order valence-corrected chi connectivity index (χ1v) is 6.50. The van der Waals surface area contributed by atoms with Gasteiger partial charge >= 0.3 is 0 Å². The highest BCUT2D eigenvalue weighted by atomic mass is 35.5. The molecule has 5 heteroatoms. The van der Waals surface area contributed by atoms with E-state index in [0.29, 0.717) is 15.9 Å². The lowest BCUT2D eigenvalue weighted by Crippen LogP contribution is -1.98. The number of pyridine rings is 1. The van der Waals surface area contributed by atoms with E-state index in [9.17, 15) is 8.42 Å². The average Bonchev–Trinajstić information content (AvgIpc) is 2.17. The Labute approximate surface area is 92.6 Å². The minimum Gasteiger partial charge on any atom is -0.255 e. The van der Waals surface area contributed by atoms with Crippen LogP contribution in [0.4, 0.5) is 0 Å². The number of aromatic nitrogens is 1. The summed E-state index contributed by atoms with van der Waals surface area (Å²) in [5, 5.41) is 1.02. The summed E-state index contributed by atoms with van der Waals surface area (Å²) >= 11 is 5.92. The fraction of sp³-hybridized carbons (Fsp3) is 0.100. The van der Waals surface area contributed by atoms with Gasteiger partial charge in [0.25, 0.3) is 0 Å². The van der Waals surface area contributed by atoms with Crippen molar-refractivity contribution in [3.8, 4) is 0 Å². The van der Waals surface area contributed by atoms with Crippen LogP contribution in [0.1, 0.15) is 0 Å². The molecule has 0 bridgehead atoms. The number of fused-ring (bicyclic) bond motifs is 1. The monoisotopic (exact) mass is 241 g/mol. The third kappa shape index (κ3) is 1.82. The van der Waals surface area contributed by atoms with Crippen molar-refractivity contribution >= 4 is 32.3 Å². The second-order valence-corrected chi connectivity index (χ2v) is 5.61. The van der Waals surface area contributed by atoms with Gasteiger partial charge in [-0.3, -0.25) is 4.98 Å². The first-order valence-electron chi connectivity index (χ1n) is 4.23. The van der Waals surface area contributed by atoms with Gasteiger partial charge in [-0.1, -0.05) is 11.6 Å². The maximum Gasteiger partial charge on any atom is 0.176 e. The standard InChI is InChI=1S/C10H8ClNO2S/c1-15(13,14)9-5-4-8(11)10-7(9)3-2-6-12-10/h2-6H,1H3. The summed E-state index contributed by atoms with van der Waals surface area (Å²) in [5.41, 5.74) is 0.516. The number of benzene rings is 1. The summed E-state index contributed by atoms with van der Waals surface area (Å²) in [7, 11) is -3.24. The Hall–Kier alpha value is -1.13. The van der Waals surface area contributed by atoms with E-state index in [1.807, 2.05) is 0 Å². The highest BCUT2D eigenvalue weighted by Crippen LogP contribution is 2.27. The number of hydrogen-bond acceptors (Lipinski definition) is 3. The van der Waals surface area contributed by atoms with Gasteiger partial charge < -0.3 is 0 Å². The van der Waals surface area contributed by atoms with Crippen molar-refractivity contribution in [2.24, 2.45) is 0 Å². The van der Waals surface area contributed by atoms with Gasteiger partial charge in [-0.05, 0) is 24.3 Å². The number of halogens is 1. The lowest BCUT2D eigenvalue weighted by molar-refractivity contribution is 0.602. The molecule has 15 heavy (non-hydrogen) atoms. The third-order valence-electron chi connectivity index (χ3n) is 2.08. The molecule has 2 aromatic rings. The van der Waals surface area contributed by atoms with Gasteiger partial charge in [-0.25, -0.2) is 8.42 Å². The SMILES string of the molecule is CS(=O)(=O)c1ccc(Cl)c2ncccc12. The van der Waals surface area contributed by atoms with Crippen molar-refractivity contribution in [3.05, 3.63) is 35.5 Å². The first kappa shape index (κ1) is 10.4. The summed E-state index contributed by atoms with van der Waals surface area (Å²) in [6, 6.07) is 6.44.